The lowest BCUT2D eigenvalue weighted by Gasteiger charge is -2.16. The minimum Gasteiger partial charge on any atom is -0.354 e. The van der Waals surface area contributed by atoms with Crippen molar-refractivity contribution in [1.82, 2.24) is 15.3 Å². The van der Waals surface area contributed by atoms with E-state index < -0.39 is 5.91 Å². The molecule has 0 bridgehead atoms. The first-order valence-corrected chi connectivity index (χ1v) is 8.96. The second-order valence-electron chi connectivity index (χ2n) is 6.74. The van der Waals surface area contributed by atoms with Gasteiger partial charge in [-0.3, -0.25) is 14.4 Å². The number of aromatic nitrogens is 2. The second kappa shape index (κ2) is 6.75. The molecule has 7 nitrogen and oxygen atoms in total. The first-order valence-electron chi connectivity index (χ1n) is 8.96. The van der Waals surface area contributed by atoms with Crippen LogP contribution in [0.4, 0.5) is 5.69 Å². The Morgan fingerprint density at radius 1 is 1.00 bits per heavy atom. The van der Waals surface area contributed by atoms with Gasteiger partial charge in [0.15, 0.2) is 0 Å². The van der Waals surface area contributed by atoms with E-state index in [-0.39, 0.29) is 17.0 Å². The highest BCUT2D eigenvalue weighted by Gasteiger charge is 2.17. The molecular weight excluding hydrogens is 344 g/mol. The molecular formula is C20H20N4O3. The standard InChI is InChI=1S/C20H20N4O3/c1-21-20(27)17-10-12-8-13(6-7-16(12)23-17)22-18(25)14-9-11-4-2-3-5-15(11)24-19(14)26/h6-10,23H,2-5H2,1H3,(H,21,27)(H,22,25)(H,24,26). The van der Waals surface area contributed by atoms with Gasteiger partial charge in [-0.15, -0.1) is 0 Å². The smallest absolute Gasteiger partial charge is 0.267 e. The summed E-state index contributed by atoms with van der Waals surface area (Å²) in [7, 11) is 1.57. The van der Waals surface area contributed by atoms with E-state index in [2.05, 4.69) is 20.6 Å². The fourth-order valence-electron chi connectivity index (χ4n) is 3.51. The maximum atomic E-state index is 12.6. The number of carbonyl (C=O) groups excluding carboxylic acids is 2. The van der Waals surface area contributed by atoms with Gasteiger partial charge in [0.05, 0.1) is 0 Å². The predicted molar refractivity (Wildman–Crippen MR) is 103 cm³/mol. The van der Waals surface area contributed by atoms with Gasteiger partial charge in [0.2, 0.25) is 0 Å². The monoisotopic (exact) mass is 364 g/mol. The summed E-state index contributed by atoms with van der Waals surface area (Å²) in [4.78, 5) is 42.5. The summed E-state index contributed by atoms with van der Waals surface area (Å²) in [5.74, 6) is -0.650. The average molecular weight is 364 g/mol. The van der Waals surface area contributed by atoms with E-state index in [4.69, 9.17) is 0 Å². The Kier molecular flexibility index (Phi) is 4.27. The highest BCUT2D eigenvalue weighted by molar-refractivity contribution is 6.05. The van der Waals surface area contributed by atoms with E-state index in [1.807, 2.05) is 0 Å². The summed E-state index contributed by atoms with van der Waals surface area (Å²) < 4.78 is 0. The third-order valence-corrected chi connectivity index (χ3v) is 4.93. The molecule has 27 heavy (non-hydrogen) atoms. The lowest BCUT2D eigenvalue weighted by Crippen LogP contribution is -2.26. The minimum absolute atomic E-state index is 0.121. The van der Waals surface area contributed by atoms with Crippen LogP contribution in [0.5, 0.6) is 0 Å². The van der Waals surface area contributed by atoms with Gasteiger partial charge < -0.3 is 20.6 Å². The van der Waals surface area contributed by atoms with Crippen molar-refractivity contribution >= 4 is 28.4 Å². The van der Waals surface area contributed by atoms with Crippen molar-refractivity contribution in [1.29, 1.82) is 0 Å². The van der Waals surface area contributed by atoms with E-state index in [9.17, 15) is 14.4 Å². The maximum absolute atomic E-state index is 12.6. The number of fused-ring (bicyclic) bond motifs is 2. The van der Waals surface area contributed by atoms with Crippen LogP contribution in [0.15, 0.2) is 35.1 Å². The molecule has 0 atom stereocenters. The third kappa shape index (κ3) is 3.23. The minimum atomic E-state index is -0.439. The lowest BCUT2D eigenvalue weighted by molar-refractivity contribution is 0.0958. The van der Waals surface area contributed by atoms with E-state index >= 15 is 0 Å². The number of carbonyl (C=O) groups is 2. The summed E-state index contributed by atoms with van der Waals surface area (Å²) >= 11 is 0. The molecule has 2 amide bonds. The number of amides is 2. The highest BCUT2D eigenvalue weighted by atomic mass is 16.2. The summed E-state index contributed by atoms with van der Waals surface area (Å²) in [5.41, 5.74) is 3.54. The van der Waals surface area contributed by atoms with Crippen molar-refractivity contribution < 1.29 is 9.59 Å². The third-order valence-electron chi connectivity index (χ3n) is 4.93. The number of hydrogen-bond donors (Lipinski definition) is 4. The molecule has 0 spiro atoms. The maximum Gasteiger partial charge on any atom is 0.267 e. The van der Waals surface area contributed by atoms with Crippen LogP contribution < -0.4 is 16.2 Å². The molecule has 2 aromatic heterocycles. The van der Waals surface area contributed by atoms with Gasteiger partial charge in [-0.2, -0.15) is 0 Å². The van der Waals surface area contributed by atoms with E-state index in [1.165, 1.54) is 0 Å². The molecule has 0 aliphatic heterocycles. The molecule has 0 fully saturated rings. The van der Waals surface area contributed by atoms with Gasteiger partial charge in [-0.05, 0) is 61.6 Å². The molecule has 1 aliphatic rings. The molecule has 1 aliphatic carbocycles. The fourth-order valence-corrected chi connectivity index (χ4v) is 3.51. The molecule has 4 rings (SSSR count). The first-order chi connectivity index (χ1) is 13.0. The van der Waals surface area contributed by atoms with E-state index in [0.717, 1.165) is 47.8 Å². The van der Waals surface area contributed by atoms with Crippen LogP contribution in [0.25, 0.3) is 10.9 Å². The summed E-state index contributed by atoms with van der Waals surface area (Å²) in [5, 5.41) is 6.14. The van der Waals surface area contributed by atoms with Gasteiger partial charge >= 0.3 is 0 Å². The number of aromatic amines is 2. The topological polar surface area (TPSA) is 107 Å². The Balaban J connectivity index is 1.61. The van der Waals surface area contributed by atoms with Crippen LogP contribution in [0.3, 0.4) is 0 Å². The molecule has 0 radical (unpaired) electrons. The van der Waals surface area contributed by atoms with Crippen molar-refractivity contribution in [3.05, 3.63) is 63.2 Å². The number of H-pyrrole nitrogens is 2. The molecule has 3 aromatic rings. The summed E-state index contributed by atoms with van der Waals surface area (Å²) in [6.07, 6.45) is 3.86. The number of anilines is 1. The Morgan fingerprint density at radius 2 is 1.81 bits per heavy atom. The molecule has 138 valence electrons. The Morgan fingerprint density at radius 3 is 2.63 bits per heavy atom. The zero-order chi connectivity index (χ0) is 19.0. The highest BCUT2D eigenvalue weighted by Crippen LogP contribution is 2.22. The number of pyridine rings is 1. The molecule has 0 saturated heterocycles. The predicted octanol–water partition coefficient (Wildman–Crippen LogP) is 2.35. The Bertz CT molecular complexity index is 1110. The molecule has 4 N–H and O–H groups in total. The van der Waals surface area contributed by atoms with Crippen molar-refractivity contribution in [3.8, 4) is 0 Å². The molecule has 1 aromatic carbocycles. The van der Waals surface area contributed by atoms with E-state index in [0.29, 0.717) is 11.4 Å². The van der Waals surface area contributed by atoms with Crippen LogP contribution in [0.2, 0.25) is 0 Å². The van der Waals surface area contributed by atoms with Crippen LogP contribution >= 0.6 is 0 Å². The second-order valence-corrected chi connectivity index (χ2v) is 6.74. The van der Waals surface area contributed by atoms with Crippen molar-refractivity contribution in [2.24, 2.45) is 0 Å². The molecule has 0 saturated carbocycles. The zero-order valence-corrected chi connectivity index (χ0v) is 14.9. The fraction of sp³-hybridized carbons (Fsp3) is 0.250. The number of hydrogen-bond acceptors (Lipinski definition) is 3. The summed E-state index contributed by atoms with van der Waals surface area (Å²) in [6.45, 7) is 0. The number of rotatable bonds is 3. The Labute approximate surface area is 155 Å². The number of nitrogens with one attached hydrogen (secondary N) is 4. The Hall–Kier alpha value is -3.35. The normalized spacial score (nSPS) is 13.2. The van der Waals surface area contributed by atoms with Crippen LogP contribution in [0.1, 0.15) is 44.9 Å². The SMILES string of the molecule is CNC(=O)c1cc2cc(NC(=O)c3cc4c([nH]c3=O)CCCC4)ccc2[nH]1. The van der Waals surface area contributed by atoms with Crippen LogP contribution in [0, 0.1) is 0 Å². The van der Waals surface area contributed by atoms with Crippen LogP contribution in [-0.4, -0.2) is 28.8 Å². The molecule has 2 heterocycles. The van der Waals surface area contributed by atoms with Crippen molar-refractivity contribution in [3.63, 3.8) is 0 Å². The van der Waals surface area contributed by atoms with Crippen LogP contribution in [-0.2, 0) is 12.8 Å². The van der Waals surface area contributed by atoms with Gasteiger partial charge in [0, 0.05) is 29.3 Å². The largest absolute Gasteiger partial charge is 0.354 e. The summed E-state index contributed by atoms with van der Waals surface area (Å²) in [6, 6.07) is 8.71. The number of benzene rings is 1. The molecule has 7 heteroatoms. The average Bonchev–Trinajstić information content (AvgIpc) is 3.10. The quantitative estimate of drug-likeness (QED) is 0.573. The first kappa shape index (κ1) is 17.1. The zero-order valence-electron chi connectivity index (χ0n) is 14.9. The lowest BCUT2D eigenvalue weighted by atomic mass is 9.95. The van der Waals surface area contributed by atoms with Gasteiger partial charge in [0.1, 0.15) is 11.3 Å². The van der Waals surface area contributed by atoms with E-state index in [1.54, 1.807) is 37.4 Å². The van der Waals surface area contributed by atoms with Gasteiger partial charge in [-0.1, -0.05) is 0 Å². The number of aryl methyl sites for hydroxylation is 2. The van der Waals surface area contributed by atoms with Crippen molar-refractivity contribution in [2.75, 3.05) is 12.4 Å². The van der Waals surface area contributed by atoms with Gasteiger partial charge in [-0.25, -0.2) is 0 Å². The van der Waals surface area contributed by atoms with Crippen molar-refractivity contribution in [2.45, 2.75) is 25.7 Å². The molecule has 0 unspecified atom stereocenters. The van der Waals surface area contributed by atoms with Gasteiger partial charge in [0.25, 0.3) is 17.4 Å².